The first-order chi connectivity index (χ1) is 8.11. The van der Waals surface area contributed by atoms with Crippen molar-refractivity contribution in [3.05, 3.63) is 11.7 Å². The Morgan fingerprint density at radius 1 is 1.47 bits per heavy atom. The van der Waals surface area contributed by atoms with Crippen molar-refractivity contribution in [1.82, 2.24) is 10.1 Å². The number of rotatable bonds is 8. The highest BCUT2D eigenvalue weighted by Gasteiger charge is 2.12. The minimum Gasteiger partial charge on any atom is -0.381 e. The van der Waals surface area contributed by atoms with Gasteiger partial charge in [-0.2, -0.15) is 4.98 Å². The van der Waals surface area contributed by atoms with Crippen molar-refractivity contribution in [3.63, 3.8) is 0 Å². The molecule has 0 radical (unpaired) electrons. The van der Waals surface area contributed by atoms with Crippen LogP contribution in [-0.4, -0.2) is 29.1 Å². The summed E-state index contributed by atoms with van der Waals surface area (Å²) in [5, 5.41) is 3.80. The maximum absolute atomic E-state index is 11.5. The maximum atomic E-state index is 11.5. The lowest BCUT2D eigenvalue weighted by Gasteiger charge is -2.00. The Morgan fingerprint density at radius 3 is 2.88 bits per heavy atom. The van der Waals surface area contributed by atoms with Crippen LogP contribution < -0.4 is 0 Å². The molecule has 0 aliphatic rings. The van der Waals surface area contributed by atoms with Crippen LogP contribution in [0.5, 0.6) is 0 Å². The van der Waals surface area contributed by atoms with E-state index in [-0.39, 0.29) is 12.2 Å². The summed E-state index contributed by atoms with van der Waals surface area (Å²) in [6, 6.07) is 0. The highest BCUT2D eigenvalue weighted by atomic mass is 16.5. The van der Waals surface area contributed by atoms with Crippen LogP contribution in [0, 0.1) is 5.92 Å². The van der Waals surface area contributed by atoms with Gasteiger partial charge in [-0.05, 0) is 12.8 Å². The molecule has 5 heteroatoms. The van der Waals surface area contributed by atoms with Crippen LogP contribution >= 0.6 is 0 Å². The van der Waals surface area contributed by atoms with Gasteiger partial charge in [-0.3, -0.25) is 4.79 Å². The maximum Gasteiger partial charge on any atom is 0.234 e. The largest absolute Gasteiger partial charge is 0.381 e. The van der Waals surface area contributed by atoms with E-state index in [1.807, 2.05) is 20.8 Å². The van der Waals surface area contributed by atoms with E-state index in [0.29, 0.717) is 43.7 Å². The average molecular weight is 240 g/mol. The molecule has 0 aliphatic carbocycles. The Kier molecular flexibility index (Phi) is 5.83. The first-order valence-corrected chi connectivity index (χ1v) is 6.02. The highest BCUT2D eigenvalue weighted by molar-refractivity contribution is 5.80. The van der Waals surface area contributed by atoms with Crippen LogP contribution in [0.15, 0.2) is 4.52 Å². The molecule has 5 nitrogen and oxygen atoms in total. The van der Waals surface area contributed by atoms with Crippen molar-refractivity contribution in [2.45, 2.75) is 40.0 Å². The molecule has 0 aromatic carbocycles. The van der Waals surface area contributed by atoms with E-state index < -0.39 is 0 Å². The van der Waals surface area contributed by atoms with Gasteiger partial charge in [0.1, 0.15) is 5.78 Å². The Bertz CT molecular complexity index is 347. The molecule has 1 aromatic heterocycles. The van der Waals surface area contributed by atoms with Crippen LogP contribution in [0.1, 0.15) is 38.9 Å². The zero-order valence-corrected chi connectivity index (χ0v) is 10.7. The molecule has 0 unspecified atom stereocenters. The Morgan fingerprint density at radius 2 is 2.24 bits per heavy atom. The fourth-order valence-corrected chi connectivity index (χ4v) is 1.47. The number of Topliss-reactive ketones (excluding diaryl/α,β-unsaturated/α-hetero) is 1. The van der Waals surface area contributed by atoms with E-state index in [0.717, 1.165) is 0 Å². The van der Waals surface area contributed by atoms with Crippen LogP contribution in [0.3, 0.4) is 0 Å². The smallest absolute Gasteiger partial charge is 0.234 e. The summed E-state index contributed by atoms with van der Waals surface area (Å²) >= 11 is 0. The number of ether oxygens (including phenoxy) is 1. The molecule has 0 bridgehead atoms. The lowest BCUT2D eigenvalue weighted by molar-refractivity contribution is -0.119. The van der Waals surface area contributed by atoms with Gasteiger partial charge in [-0.15, -0.1) is 0 Å². The monoisotopic (exact) mass is 240 g/mol. The first-order valence-electron chi connectivity index (χ1n) is 6.02. The molecule has 0 aliphatic heterocycles. The number of hydrogen-bond acceptors (Lipinski definition) is 5. The molecule has 17 heavy (non-hydrogen) atoms. The second-order valence-electron chi connectivity index (χ2n) is 4.36. The van der Waals surface area contributed by atoms with E-state index >= 15 is 0 Å². The third kappa shape index (κ3) is 5.58. The van der Waals surface area contributed by atoms with Gasteiger partial charge in [-0.1, -0.05) is 19.0 Å². The molecular formula is C12H20N2O3. The zero-order valence-electron chi connectivity index (χ0n) is 10.7. The van der Waals surface area contributed by atoms with Gasteiger partial charge >= 0.3 is 0 Å². The van der Waals surface area contributed by atoms with Crippen molar-refractivity contribution >= 4 is 5.78 Å². The third-order valence-electron chi connectivity index (χ3n) is 2.17. The molecular weight excluding hydrogens is 220 g/mol. The molecule has 0 N–H and O–H groups in total. The average Bonchev–Trinajstić information content (AvgIpc) is 2.64. The summed E-state index contributed by atoms with van der Waals surface area (Å²) in [7, 11) is 0. The first kappa shape index (κ1) is 13.8. The number of hydrogen-bond donors (Lipinski definition) is 0. The van der Waals surface area contributed by atoms with Crippen molar-refractivity contribution < 1.29 is 14.1 Å². The molecule has 0 atom stereocenters. The zero-order chi connectivity index (χ0) is 12.7. The number of nitrogens with zero attached hydrogens (tertiary/aromatic N) is 2. The lowest BCUT2D eigenvalue weighted by atomic mass is 10.1. The van der Waals surface area contributed by atoms with Crippen LogP contribution in [-0.2, 0) is 22.4 Å². The van der Waals surface area contributed by atoms with Gasteiger partial charge in [0, 0.05) is 19.4 Å². The van der Waals surface area contributed by atoms with Gasteiger partial charge in [0.2, 0.25) is 5.89 Å². The summed E-state index contributed by atoms with van der Waals surface area (Å²) in [6.45, 7) is 7.22. The molecule has 0 saturated carbocycles. The van der Waals surface area contributed by atoms with E-state index in [4.69, 9.17) is 9.26 Å². The Hall–Kier alpha value is -1.23. The van der Waals surface area contributed by atoms with Crippen LogP contribution in [0.25, 0.3) is 0 Å². The molecule has 0 amide bonds. The molecule has 1 aromatic rings. The normalized spacial score (nSPS) is 11.1. The van der Waals surface area contributed by atoms with E-state index in [9.17, 15) is 4.79 Å². The van der Waals surface area contributed by atoms with E-state index in [1.165, 1.54) is 0 Å². The van der Waals surface area contributed by atoms with Gasteiger partial charge in [0.25, 0.3) is 0 Å². The fourth-order valence-electron chi connectivity index (χ4n) is 1.47. The molecule has 0 fully saturated rings. The summed E-state index contributed by atoms with van der Waals surface area (Å²) in [6.07, 6.45) is 1.41. The van der Waals surface area contributed by atoms with Gasteiger partial charge in [-0.25, -0.2) is 0 Å². The molecule has 0 saturated heterocycles. The minimum absolute atomic E-state index is 0.139. The van der Waals surface area contributed by atoms with Crippen LogP contribution in [0.4, 0.5) is 0 Å². The number of aromatic nitrogens is 2. The number of ketones is 1. The van der Waals surface area contributed by atoms with Crippen molar-refractivity contribution in [3.8, 4) is 0 Å². The van der Waals surface area contributed by atoms with Crippen molar-refractivity contribution in [1.29, 1.82) is 0 Å². The second-order valence-corrected chi connectivity index (χ2v) is 4.36. The SMILES string of the molecule is CCOCCc1noc(CC(=O)CC(C)C)n1. The summed E-state index contributed by atoms with van der Waals surface area (Å²) < 4.78 is 10.2. The van der Waals surface area contributed by atoms with Gasteiger partial charge in [0.15, 0.2) is 5.82 Å². The Balaban J connectivity index is 2.37. The predicted molar refractivity (Wildman–Crippen MR) is 62.7 cm³/mol. The number of carbonyl (C=O) groups is 1. The molecule has 1 rings (SSSR count). The van der Waals surface area contributed by atoms with E-state index in [1.54, 1.807) is 0 Å². The molecule has 1 heterocycles. The summed E-state index contributed by atoms with van der Waals surface area (Å²) in [4.78, 5) is 15.7. The molecule has 96 valence electrons. The number of carbonyl (C=O) groups excluding carboxylic acids is 1. The lowest BCUT2D eigenvalue weighted by Crippen LogP contribution is -2.06. The van der Waals surface area contributed by atoms with Gasteiger partial charge < -0.3 is 9.26 Å². The van der Waals surface area contributed by atoms with Crippen molar-refractivity contribution in [2.75, 3.05) is 13.2 Å². The fraction of sp³-hybridized carbons (Fsp3) is 0.750. The highest BCUT2D eigenvalue weighted by Crippen LogP contribution is 2.06. The summed E-state index contributed by atoms with van der Waals surface area (Å²) in [5.74, 6) is 1.51. The predicted octanol–water partition coefficient (Wildman–Crippen LogP) is 1.81. The van der Waals surface area contributed by atoms with Crippen molar-refractivity contribution in [2.24, 2.45) is 5.92 Å². The van der Waals surface area contributed by atoms with Gasteiger partial charge in [0.05, 0.1) is 13.0 Å². The standard InChI is InChI=1S/C12H20N2O3/c1-4-16-6-5-11-13-12(17-14-11)8-10(15)7-9(2)3/h9H,4-8H2,1-3H3. The third-order valence-corrected chi connectivity index (χ3v) is 2.17. The van der Waals surface area contributed by atoms with E-state index in [2.05, 4.69) is 10.1 Å². The quantitative estimate of drug-likeness (QED) is 0.648. The Labute approximate surface area is 102 Å². The van der Waals surface area contributed by atoms with Crippen LogP contribution in [0.2, 0.25) is 0 Å². The minimum atomic E-state index is 0.139. The molecule has 0 spiro atoms. The second kappa shape index (κ2) is 7.17. The summed E-state index contributed by atoms with van der Waals surface area (Å²) in [5.41, 5.74) is 0. The topological polar surface area (TPSA) is 65.2 Å².